The fourth-order valence-electron chi connectivity index (χ4n) is 2.23. The van der Waals surface area contributed by atoms with E-state index in [1.54, 1.807) is 0 Å². The first-order valence-electron chi connectivity index (χ1n) is 6.03. The number of nitrogens with one attached hydrogen (secondary N) is 1. The number of hydrogen-bond donors (Lipinski definition) is 1. The predicted molar refractivity (Wildman–Crippen MR) is 72.1 cm³/mol. The Morgan fingerprint density at radius 1 is 1.56 bits per heavy atom. The minimum Gasteiger partial charge on any atom is -0.337 e. The molecule has 0 saturated carbocycles. The van der Waals surface area contributed by atoms with Crippen molar-refractivity contribution in [3.8, 4) is 0 Å². The van der Waals surface area contributed by atoms with E-state index in [4.69, 9.17) is 0 Å². The molecule has 18 heavy (non-hydrogen) atoms. The number of rotatable bonds is 2. The van der Waals surface area contributed by atoms with E-state index < -0.39 is 0 Å². The van der Waals surface area contributed by atoms with Crippen LogP contribution in [0.3, 0.4) is 0 Å². The number of benzene rings is 1. The second-order valence-corrected chi connectivity index (χ2v) is 5.36. The highest BCUT2D eigenvalue weighted by atomic mass is 79.9. The molecule has 1 aromatic carbocycles. The summed E-state index contributed by atoms with van der Waals surface area (Å²) in [6, 6.07) is 4.52. The first-order chi connectivity index (χ1) is 8.61. The summed E-state index contributed by atoms with van der Waals surface area (Å²) < 4.78 is 13.5. The molecule has 1 amide bonds. The van der Waals surface area contributed by atoms with Gasteiger partial charge in [-0.05, 0) is 54.0 Å². The van der Waals surface area contributed by atoms with Crippen molar-refractivity contribution in [3.63, 3.8) is 0 Å². The van der Waals surface area contributed by atoms with Gasteiger partial charge < -0.3 is 10.2 Å². The summed E-state index contributed by atoms with van der Waals surface area (Å²) in [7, 11) is 1.91. The molecular weight excluding hydrogens is 299 g/mol. The van der Waals surface area contributed by atoms with Gasteiger partial charge in [0, 0.05) is 23.6 Å². The smallest absolute Gasteiger partial charge is 0.255 e. The minimum absolute atomic E-state index is 0.0400. The van der Waals surface area contributed by atoms with Gasteiger partial charge in [-0.25, -0.2) is 4.39 Å². The Bertz CT molecular complexity index is 453. The molecule has 1 N–H and O–H groups in total. The highest BCUT2D eigenvalue weighted by Crippen LogP contribution is 2.21. The standard InChI is InChI=1S/C13H16BrFN2O/c1-16-10-3-2-6-17(8-10)13(18)11-5-4-9(15)7-12(11)14/h4-5,7,10,16H,2-3,6,8H2,1H3/t10-/m0/s1. The van der Waals surface area contributed by atoms with Crippen molar-refractivity contribution >= 4 is 21.8 Å². The molecule has 2 rings (SSSR count). The molecule has 1 aliphatic rings. The van der Waals surface area contributed by atoms with Gasteiger partial charge in [0.25, 0.3) is 5.91 Å². The Labute approximate surface area is 114 Å². The molecule has 0 spiro atoms. The molecule has 0 aliphatic carbocycles. The van der Waals surface area contributed by atoms with E-state index >= 15 is 0 Å². The van der Waals surface area contributed by atoms with Crippen LogP contribution in [0.2, 0.25) is 0 Å². The number of nitrogens with zero attached hydrogens (tertiary/aromatic N) is 1. The first-order valence-corrected chi connectivity index (χ1v) is 6.82. The number of likely N-dealkylation sites (N-methyl/N-ethyl adjacent to an activating group) is 1. The van der Waals surface area contributed by atoms with Crippen LogP contribution in [0.4, 0.5) is 4.39 Å². The molecule has 5 heteroatoms. The summed E-state index contributed by atoms with van der Waals surface area (Å²) in [5.74, 6) is -0.382. The lowest BCUT2D eigenvalue weighted by molar-refractivity contribution is 0.0697. The van der Waals surface area contributed by atoms with E-state index in [1.165, 1.54) is 18.2 Å². The number of hydrogen-bond acceptors (Lipinski definition) is 2. The molecular formula is C13H16BrFN2O. The molecule has 1 heterocycles. The van der Waals surface area contributed by atoms with Gasteiger partial charge in [0.05, 0.1) is 5.56 Å². The van der Waals surface area contributed by atoms with E-state index in [9.17, 15) is 9.18 Å². The van der Waals surface area contributed by atoms with Gasteiger partial charge in [-0.2, -0.15) is 0 Å². The molecule has 0 radical (unpaired) electrons. The van der Waals surface area contributed by atoms with E-state index in [-0.39, 0.29) is 11.7 Å². The van der Waals surface area contributed by atoms with Crippen molar-refractivity contribution in [2.75, 3.05) is 20.1 Å². The Morgan fingerprint density at radius 2 is 2.33 bits per heavy atom. The average molecular weight is 315 g/mol. The topological polar surface area (TPSA) is 32.3 Å². The van der Waals surface area contributed by atoms with Crippen LogP contribution in [0.25, 0.3) is 0 Å². The summed E-state index contributed by atoms with van der Waals surface area (Å²) >= 11 is 3.24. The molecule has 0 aromatic heterocycles. The number of carbonyl (C=O) groups is 1. The second kappa shape index (κ2) is 5.80. The van der Waals surface area contributed by atoms with Gasteiger partial charge in [-0.1, -0.05) is 0 Å². The highest BCUT2D eigenvalue weighted by molar-refractivity contribution is 9.10. The van der Waals surface area contributed by atoms with E-state index in [2.05, 4.69) is 21.2 Å². The zero-order valence-corrected chi connectivity index (χ0v) is 11.8. The first kappa shape index (κ1) is 13.5. The highest BCUT2D eigenvalue weighted by Gasteiger charge is 2.24. The summed E-state index contributed by atoms with van der Waals surface area (Å²) in [5.41, 5.74) is 0.521. The average Bonchev–Trinajstić information content (AvgIpc) is 2.38. The van der Waals surface area contributed by atoms with Gasteiger partial charge in [0.1, 0.15) is 5.82 Å². The third kappa shape index (κ3) is 2.90. The summed E-state index contributed by atoms with van der Waals surface area (Å²) in [4.78, 5) is 14.2. The predicted octanol–water partition coefficient (Wildman–Crippen LogP) is 2.41. The van der Waals surface area contributed by atoms with Gasteiger partial charge >= 0.3 is 0 Å². The lowest BCUT2D eigenvalue weighted by atomic mass is 10.0. The molecule has 0 unspecified atom stereocenters. The Balaban J connectivity index is 2.15. The van der Waals surface area contributed by atoms with Gasteiger partial charge in [0.15, 0.2) is 0 Å². The summed E-state index contributed by atoms with van der Waals surface area (Å²) in [6.45, 7) is 1.47. The lowest BCUT2D eigenvalue weighted by Gasteiger charge is -2.32. The Morgan fingerprint density at radius 3 is 3.00 bits per heavy atom. The largest absolute Gasteiger partial charge is 0.337 e. The van der Waals surface area contributed by atoms with Crippen molar-refractivity contribution in [1.82, 2.24) is 10.2 Å². The molecule has 1 aromatic rings. The van der Waals surface area contributed by atoms with Gasteiger partial charge in [-0.15, -0.1) is 0 Å². The maximum Gasteiger partial charge on any atom is 0.255 e. The van der Waals surface area contributed by atoms with Crippen molar-refractivity contribution in [1.29, 1.82) is 0 Å². The number of likely N-dealkylation sites (tertiary alicyclic amines) is 1. The fourth-order valence-corrected chi connectivity index (χ4v) is 2.75. The van der Waals surface area contributed by atoms with Crippen molar-refractivity contribution in [3.05, 3.63) is 34.1 Å². The minimum atomic E-state index is -0.342. The van der Waals surface area contributed by atoms with Crippen LogP contribution in [0, 0.1) is 5.82 Å². The van der Waals surface area contributed by atoms with Crippen molar-refractivity contribution in [2.24, 2.45) is 0 Å². The lowest BCUT2D eigenvalue weighted by Crippen LogP contribution is -2.47. The van der Waals surface area contributed by atoms with Crippen LogP contribution >= 0.6 is 15.9 Å². The van der Waals surface area contributed by atoms with Crippen LogP contribution in [0.5, 0.6) is 0 Å². The fraction of sp³-hybridized carbons (Fsp3) is 0.462. The van der Waals surface area contributed by atoms with Gasteiger partial charge in [-0.3, -0.25) is 4.79 Å². The van der Waals surface area contributed by atoms with Crippen molar-refractivity contribution in [2.45, 2.75) is 18.9 Å². The Kier molecular flexibility index (Phi) is 4.35. The monoisotopic (exact) mass is 314 g/mol. The molecule has 98 valence electrons. The molecule has 1 atom stereocenters. The maximum absolute atomic E-state index is 13.0. The van der Waals surface area contributed by atoms with E-state index in [0.717, 1.165) is 19.4 Å². The molecule has 1 saturated heterocycles. The number of carbonyl (C=O) groups excluding carboxylic acids is 1. The van der Waals surface area contributed by atoms with Crippen molar-refractivity contribution < 1.29 is 9.18 Å². The van der Waals surface area contributed by atoms with E-state index in [1.807, 2.05) is 11.9 Å². The molecule has 0 bridgehead atoms. The van der Waals surface area contributed by atoms with Crippen LogP contribution in [0.15, 0.2) is 22.7 Å². The molecule has 1 fully saturated rings. The number of halogens is 2. The third-order valence-electron chi connectivity index (χ3n) is 3.28. The molecule has 3 nitrogen and oxygen atoms in total. The van der Waals surface area contributed by atoms with Crippen LogP contribution in [-0.2, 0) is 0 Å². The summed E-state index contributed by atoms with van der Waals surface area (Å²) in [6.07, 6.45) is 2.08. The van der Waals surface area contributed by atoms with Crippen LogP contribution in [0.1, 0.15) is 23.2 Å². The molecule has 1 aliphatic heterocycles. The number of amides is 1. The third-order valence-corrected chi connectivity index (χ3v) is 3.93. The normalized spacial score (nSPS) is 19.9. The van der Waals surface area contributed by atoms with Crippen LogP contribution < -0.4 is 5.32 Å². The summed E-state index contributed by atoms with van der Waals surface area (Å²) in [5, 5.41) is 3.20. The zero-order valence-electron chi connectivity index (χ0n) is 10.2. The maximum atomic E-state index is 13.0. The zero-order chi connectivity index (χ0) is 13.1. The SMILES string of the molecule is CN[C@H]1CCCN(C(=O)c2ccc(F)cc2Br)C1. The Hall–Kier alpha value is -0.940. The number of piperidine rings is 1. The van der Waals surface area contributed by atoms with Crippen LogP contribution in [-0.4, -0.2) is 37.0 Å². The second-order valence-electron chi connectivity index (χ2n) is 4.50. The quantitative estimate of drug-likeness (QED) is 0.909. The van der Waals surface area contributed by atoms with Gasteiger partial charge in [0.2, 0.25) is 0 Å². The van der Waals surface area contributed by atoms with E-state index in [0.29, 0.717) is 22.6 Å².